The molecule has 4 aromatic rings. The maximum Gasteiger partial charge on any atom is 0.164 e. The molecule has 6 heteroatoms. The summed E-state index contributed by atoms with van der Waals surface area (Å²) in [6, 6.07) is 10.0. The number of halogens is 1. The van der Waals surface area contributed by atoms with E-state index in [9.17, 15) is 4.39 Å². The molecule has 3 atom stereocenters. The Bertz CT molecular complexity index is 1200. The second-order valence-electron chi connectivity index (χ2n) is 8.09. The van der Waals surface area contributed by atoms with E-state index in [1.165, 1.54) is 37.9 Å². The van der Waals surface area contributed by atoms with Crippen molar-refractivity contribution >= 4 is 27.8 Å². The van der Waals surface area contributed by atoms with Crippen LogP contribution in [0.3, 0.4) is 0 Å². The third-order valence-electron chi connectivity index (χ3n) is 6.40. The number of anilines is 1. The van der Waals surface area contributed by atoms with Crippen LogP contribution in [0.4, 0.5) is 10.2 Å². The van der Waals surface area contributed by atoms with Crippen molar-refractivity contribution in [1.82, 2.24) is 19.9 Å². The van der Waals surface area contributed by atoms with Gasteiger partial charge in [-0.2, -0.15) is 0 Å². The number of hydrogen-bond donors (Lipinski definition) is 2. The summed E-state index contributed by atoms with van der Waals surface area (Å²) in [5.41, 5.74) is 2.29. The van der Waals surface area contributed by atoms with Crippen LogP contribution < -0.4 is 5.32 Å². The second-order valence-corrected chi connectivity index (χ2v) is 8.09. The van der Waals surface area contributed by atoms with E-state index in [2.05, 4.69) is 21.4 Å². The van der Waals surface area contributed by atoms with Crippen molar-refractivity contribution in [3.05, 3.63) is 48.5 Å². The molecule has 3 aromatic heterocycles. The summed E-state index contributed by atoms with van der Waals surface area (Å²) in [4.78, 5) is 16.9. The molecule has 2 bridgehead atoms. The number of benzene rings is 1. The molecule has 3 heterocycles. The van der Waals surface area contributed by atoms with Gasteiger partial charge < -0.3 is 10.3 Å². The molecule has 0 saturated heterocycles. The van der Waals surface area contributed by atoms with Gasteiger partial charge in [-0.3, -0.25) is 0 Å². The number of H-pyrrole nitrogens is 1. The molecule has 2 N–H and O–H groups in total. The molecular weight excluding hydrogens is 353 g/mol. The third-order valence-corrected chi connectivity index (χ3v) is 6.40. The first-order valence-electron chi connectivity index (χ1n) is 9.91. The van der Waals surface area contributed by atoms with Crippen molar-refractivity contribution < 1.29 is 4.39 Å². The monoisotopic (exact) mass is 373 g/mol. The molecule has 2 aliphatic rings. The fourth-order valence-corrected chi connectivity index (χ4v) is 5.07. The molecule has 0 amide bonds. The Balaban J connectivity index is 1.49. The van der Waals surface area contributed by atoms with Crippen LogP contribution in [0.25, 0.3) is 33.3 Å². The van der Waals surface area contributed by atoms with Crippen LogP contribution in [-0.2, 0) is 0 Å². The lowest BCUT2D eigenvalue weighted by Gasteiger charge is -2.24. The first-order chi connectivity index (χ1) is 13.7. The average molecular weight is 373 g/mol. The van der Waals surface area contributed by atoms with E-state index in [0.29, 0.717) is 22.9 Å². The van der Waals surface area contributed by atoms with Crippen LogP contribution >= 0.6 is 0 Å². The number of nitrogens with one attached hydrogen (secondary N) is 2. The Morgan fingerprint density at radius 1 is 1.07 bits per heavy atom. The highest BCUT2D eigenvalue weighted by molar-refractivity contribution is 5.95. The second kappa shape index (κ2) is 5.99. The van der Waals surface area contributed by atoms with Crippen LogP contribution in [0.5, 0.6) is 0 Å². The van der Waals surface area contributed by atoms with Crippen molar-refractivity contribution in [3.8, 4) is 11.4 Å². The largest absolute Gasteiger partial charge is 0.366 e. The Labute approximate surface area is 161 Å². The zero-order chi connectivity index (χ0) is 18.7. The highest BCUT2D eigenvalue weighted by Crippen LogP contribution is 2.46. The summed E-state index contributed by atoms with van der Waals surface area (Å²) in [7, 11) is 0. The van der Waals surface area contributed by atoms with E-state index in [-0.39, 0.29) is 5.82 Å². The molecule has 0 aliphatic heterocycles. The van der Waals surface area contributed by atoms with Gasteiger partial charge >= 0.3 is 0 Å². The number of pyridine rings is 1. The molecule has 2 aliphatic carbocycles. The molecule has 2 saturated carbocycles. The predicted octanol–water partition coefficient (Wildman–Crippen LogP) is 4.91. The van der Waals surface area contributed by atoms with E-state index in [1.807, 2.05) is 24.4 Å². The fourth-order valence-electron chi connectivity index (χ4n) is 5.07. The van der Waals surface area contributed by atoms with Crippen molar-refractivity contribution in [3.63, 3.8) is 0 Å². The maximum absolute atomic E-state index is 13.8. The first-order valence-corrected chi connectivity index (χ1v) is 9.91. The number of rotatable bonds is 3. The Hall–Kier alpha value is -3.02. The molecule has 0 radical (unpaired) electrons. The molecule has 3 unspecified atom stereocenters. The predicted molar refractivity (Wildman–Crippen MR) is 107 cm³/mol. The third kappa shape index (κ3) is 2.47. The summed E-state index contributed by atoms with van der Waals surface area (Å²) >= 11 is 0. The van der Waals surface area contributed by atoms with Gasteiger partial charge in [0.15, 0.2) is 5.82 Å². The number of para-hydroxylation sites is 1. The Morgan fingerprint density at radius 2 is 2.00 bits per heavy atom. The van der Waals surface area contributed by atoms with Crippen molar-refractivity contribution in [2.75, 3.05) is 5.32 Å². The van der Waals surface area contributed by atoms with Gasteiger partial charge in [-0.1, -0.05) is 18.6 Å². The number of aromatic nitrogens is 4. The summed E-state index contributed by atoms with van der Waals surface area (Å²) in [5, 5.41) is 5.45. The standard InChI is InChI=1S/C22H20FN5/c23-14-9-16-17(11-25-20(16)24-10-14)22-26-18-4-2-1-3-15(18)21(28-22)27-19-8-12-5-6-13(19)7-12/h1-4,9-13,19H,5-8H2,(H,24,25)(H,26,27,28). The minimum atomic E-state index is -0.366. The van der Waals surface area contributed by atoms with Crippen LogP contribution in [0.1, 0.15) is 25.7 Å². The number of hydrogen-bond acceptors (Lipinski definition) is 4. The highest BCUT2D eigenvalue weighted by Gasteiger charge is 2.39. The lowest BCUT2D eigenvalue weighted by atomic mass is 9.95. The van der Waals surface area contributed by atoms with Crippen LogP contribution in [0.15, 0.2) is 42.7 Å². The van der Waals surface area contributed by atoms with Crippen LogP contribution in [0, 0.1) is 17.7 Å². The van der Waals surface area contributed by atoms with Crippen molar-refractivity contribution in [2.45, 2.75) is 31.7 Å². The zero-order valence-electron chi connectivity index (χ0n) is 15.3. The molecule has 140 valence electrons. The molecule has 5 nitrogen and oxygen atoms in total. The Kier molecular flexibility index (Phi) is 3.42. The number of fused-ring (bicyclic) bond motifs is 4. The molecule has 28 heavy (non-hydrogen) atoms. The minimum absolute atomic E-state index is 0.366. The van der Waals surface area contributed by atoms with E-state index in [4.69, 9.17) is 9.97 Å². The Morgan fingerprint density at radius 3 is 2.86 bits per heavy atom. The molecular formula is C22H20FN5. The SMILES string of the molecule is Fc1cnc2[nH]cc(-c3nc(NC4CC5CCC4C5)c4ccccc4n3)c2c1. The van der Waals surface area contributed by atoms with Crippen LogP contribution in [-0.4, -0.2) is 26.0 Å². The minimum Gasteiger partial charge on any atom is -0.366 e. The van der Waals surface area contributed by atoms with Crippen molar-refractivity contribution in [2.24, 2.45) is 11.8 Å². The summed E-state index contributed by atoms with van der Waals surface area (Å²) in [5.74, 6) is 2.70. The average Bonchev–Trinajstić information content (AvgIpc) is 3.43. The van der Waals surface area contributed by atoms with E-state index in [1.54, 1.807) is 0 Å². The fraction of sp³-hybridized carbons (Fsp3) is 0.318. The topological polar surface area (TPSA) is 66.5 Å². The van der Waals surface area contributed by atoms with Gasteiger partial charge in [-0.25, -0.2) is 19.3 Å². The lowest BCUT2D eigenvalue weighted by Crippen LogP contribution is -2.26. The number of aromatic amines is 1. The molecule has 1 aromatic carbocycles. The molecule has 6 rings (SSSR count). The van der Waals surface area contributed by atoms with Gasteiger partial charge in [0, 0.05) is 28.6 Å². The quantitative estimate of drug-likeness (QED) is 0.535. The normalized spacial score (nSPS) is 23.7. The molecule has 0 spiro atoms. The number of nitrogens with zero attached hydrogens (tertiary/aromatic N) is 3. The maximum atomic E-state index is 13.8. The summed E-state index contributed by atoms with van der Waals surface area (Å²) in [6.45, 7) is 0. The zero-order valence-corrected chi connectivity index (χ0v) is 15.3. The van der Waals surface area contributed by atoms with Crippen molar-refractivity contribution in [1.29, 1.82) is 0 Å². The van der Waals surface area contributed by atoms with Gasteiger partial charge in [0.2, 0.25) is 0 Å². The van der Waals surface area contributed by atoms with E-state index < -0.39 is 0 Å². The molecule has 2 fully saturated rings. The van der Waals surface area contributed by atoms with Gasteiger partial charge in [0.05, 0.1) is 11.7 Å². The summed E-state index contributed by atoms with van der Waals surface area (Å²) in [6.07, 6.45) is 8.26. The van der Waals surface area contributed by atoms with Gasteiger partial charge in [-0.15, -0.1) is 0 Å². The van der Waals surface area contributed by atoms with Crippen LogP contribution in [0.2, 0.25) is 0 Å². The van der Waals surface area contributed by atoms with Gasteiger partial charge in [-0.05, 0) is 49.3 Å². The van der Waals surface area contributed by atoms with Gasteiger partial charge in [0.25, 0.3) is 0 Å². The smallest absolute Gasteiger partial charge is 0.164 e. The van der Waals surface area contributed by atoms with E-state index >= 15 is 0 Å². The summed E-state index contributed by atoms with van der Waals surface area (Å²) < 4.78 is 13.8. The van der Waals surface area contributed by atoms with E-state index in [0.717, 1.165) is 34.1 Å². The lowest BCUT2D eigenvalue weighted by molar-refractivity contribution is 0.439. The van der Waals surface area contributed by atoms with Gasteiger partial charge in [0.1, 0.15) is 17.3 Å². The first kappa shape index (κ1) is 16.0. The highest BCUT2D eigenvalue weighted by atomic mass is 19.1.